The van der Waals surface area contributed by atoms with Gasteiger partial charge in [0.15, 0.2) is 0 Å². The first-order valence-corrected chi connectivity index (χ1v) is 8.82. The number of nitrogens with two attached hydrogens (primary N) is 1. The number of aromatic nitrogens is 1. The first-order chi connectivity index (χ1) is 12.2. The van der Waals surface area contributed by atoms with Crippen molar-refractivity contribution in [2.24, 2.45) is 0 Å². The number of hydrogen-bond donors (Lipinski definition) is 1. The fraction of sp³-hybridized carbons (Fsp3) is 0.150. The van der Waals surface area contributed by atoms with Crippen molar-refractivity contribution >= 4 is 23.2 Å². The van der Waals surface area contributed by atoms with Gasteiger partial charge >= 0.3 is 0 Å². The van der Waals surface area contributed by atoms with E-state index in [2.05, 4.69) is 22.4 Å². The first-order valence-electron chi connectivity index (χ1n) is 8.07. The Balaban J connectivity index is 1.48. The molecule has 25 heavy (non-hydrogen) atoms. The zero-order valence-electron chi connectivity index (χ0n) is 13.7. The Labute approximate surface area is 157 Å². The fourth-order valence-corrected chi connectivity index (χ4v) is 2.91. The highest BCUT2D eigenvalue weighted by Crippen LogP contribution is 2.22. The highest BCUT2D eigenvalue weighted by molar-refractivity contribution is 6.35. The Hall–Kier alpha value is -2.07. The van der Waals surface area contributed by atoms with Crippen molar-refractivity contribution in [3.8, 4) is 5.75 Å². The van der Waals surface area contributed by atoms with Gasteiger partial charge in [0.2, 0.25) is 0 Å². The van der Waals surface area contributed by atoms with Gasteiger partial charge < -0.3 is 10.1 Å². The smallest absolute Gasteiger partial charge is 0.119 e. The van der Waals surface area contributed by atoms with Gasteiger partial charge in [-0.15, -0.1) is 0 Å². The van der Waals surface area contributed by atoms with E-state index in [1.165, 1.54) is 11.1 Å². The molecule has 0 atom stereocenters. The summed E-state index contributed by atoms with van der Waals surface area (Å²) in [5.74, 6) is 0.823. The van der Waals surface area contributed by atoms with E-state index >= 15 is 0 Å². The third kappa shape index (κ3) is 5.46. The minimum Gasteiger partial charge on any atom is -0.489 e. The molecule has 0 bridgehead atoms. The SMILES string of the molecule is Clc1ccc(COc2ccc(C[NH2+]Cc3ccncc3)cc2)c(Cl)c1. The summed E-state index contributed by atoms with van der Waals surface area (Å²) in [6, 6.07) is 17.6. The van der Waals surface area contributed by atoms with Crippen LogP contribution in [0.25, 0.3) is 0 Å². The predicted octanol–water partition coefficient (Wildman–Crippen LogP) is 4.23. The number of pyridine rings is 1. The summed E-state index contributed by atoms with van der Waals surface area (Å²) < 4.78 is 5.80. The van der Waals surface area contributed by atoms with Crippen LogP contribution < -0.4 is 10.1 Å². The van der Waals surface area contributed by atoms with Gasteiger partial charge in [0.25, 0.3) is 0 Å². The quantitative estimate of drug-likeness (QED) is 0.672. The number of quaternary nitrogens is 1. The molecule has 0 unspecified atom stereocenters. The van der Waals surface area contributed by atoms with Crippen LogP contribution in [0.3, 0.4) is 0 Å². The summed E-state index contributed by atoms with van der Waals surface area (Å²) in [7, 11) is 0. The van der Waals surface area contributed by atoms with E-state index in [9.17, 15) is 0 Å². The first kappa shape index (κ1) is 17.7. The van der Waals surface area contributed by atoms with E-state index in [1.807, 2.05) is 48.8 Å². The number of rotatable bonds is 7. The molecule has 3 rings (SSSR count). The van der Waals surface area contributed by atoms with E-state index < -0.39 is 0 Å². The minimum absolute atomic E-state index is 0.420. The molecular formula is C20H19Cl2N2O+. The molecule has 5 heteroatoms. The van der Waals surface area contributed by atoms with Crippen LogP contribution >= 0.6 is 23.2 Å². The Morgan fingerprint density at radius 3 is 2.20 bits per heavy atom. The summed E-state index contributed by atoms with van der Waals surface area (Å²) in [4.78, 5) is 4.03. The fourth-order valence-electron chi connectivity index (χ4n) is 2.45. The van der Waals surface area contributed by atoms with Crippen LogP contribution in [0.1, 0.15) is 16.7 Å². The van der Waals surface area contributed by atoms with Crippen molar-refractivity contribution < 1.29 is 10.1 Å². The lowest BCUT2D eigenvalue weighted by Gasteiger charge is -2.09. The third-order valence-corrected chi connectivity index (χ3v) is 4.43. The van der Waals surface area contributed by atoms with Gasteiger partial charge in [0.05, 0.1) is 0 Å². The van der Waals surface area contributed by atoms with E-state index in [1.54, 1.807) is 6.07 Å². The van der Waals surface area contributed by atoms with Crippen molar-refractivity contribution in [2.75, 3.05) is 0 Å². The molecule has 2 N–H and O–H groups in total. The minimum atomic E-state index is 0.420. The molecule has 0 spiro atoms. The Bertz CT molecular complexity index is 808. The molecule has 0 amide bonds. The number of hydrogen-bond acceptors (Lipinski definition) is 2. The van der Waals surface area contributed by atoms with E-state index in [0.29, 0.717) is 16.7 Å². The molecule has 1 aromatic heterocycles. The molecule has 0 fully saturated rings. The normalized spacial score (nSPS) is 10.6. The molecule has 0 saturated carbocycles. The molecule has 2 aromatic carbocycles. The lowest BCUT2D eigenvalue weighted by molar-refractivity contribution is -0.686. The van der Waals surface area contributed by atoms with E-state index in [0.717, 1.165) is 24.4 Å². The van der Waals surface area contributed by atoms with Crippen LogP contribution in [-0.2, 0) is 19.7 Å². The van der Waals surface area contributed by atoms with Crippen LogP contribution in [0.2, 0.25) is 10.0 Å². The molecular weight excluding hydrogens is 355 g/mol. The second-order valence-corrected chi connectivity index (χ2v) is 6.56. The van der Waals surface area contributed by atoms with Gasteiger partial charge in [-0.1, -0.05) is 29.3 Å². The van der Waals surface area contributed by atoms with Crippen LogP contribution in [-0.4, -0.2) is 4.98 Å². The standard InChI is InChI=1S/C20H18Cl2N2O/c21-18-4-3-17(20(22)11-18)14-25-19-5-1-15(2-6-19)12-24-13-16-7-9-23-10-8-16/h1-11,24H,12-14H2/p+1. The van der Waals surface area contributed by atoms with Crippen LogP contribution in [0.4, 0.5) is 0 Å². The summed E-state index contributed by atoms with van der Waals surface area (Å²) >= 11 is 12.1. The van der Waals surface area contributed by atoms with Crippen molar-refractivity contribution in [2.45, 2.75) is 19.7 Å². The number of benzene rings is 2. The topological polar surface area (TPSA) is 38.7 Å². The van der Waals surface area contributed by atoms with Gasteiger partial charge in [-0.25, -0.2) is 0 Å². The van der Waals surface area contributed by atoms with Gasteiger partial charge in [0.1, 0.15) is 25.4 Å². The molecule has 0 aliphatic carbocycles. The van der Waals surface area contributed by atoms with Crippen molar-refractivity contribution in [1.29, 1.82) is 0 Å². The maximum atomic E-state index is 6.16. The maximum Gasteiger partial charge on any atom is 0.119 e. The second kappa shape index (κ2) is 8.86. The van der Waals surface area contributed by atoms with Crippen LogP contribution in [0.15, 0.2) is 67.0 Å². The monoisotopic (exact) mass is 373 g/mol. The zero-order valence-corrected chi connectivity index (χ0v) is 15.2. The lowest BCUT2D eigenvalue weighted by Crippen LogP contribution is -2.80. The molecule has 0 saturated heterocycles. The van der Waals surface area contributed by atoms with E-state index in [-0.39, 0.29) is 0 Å². The van der Waals surface area contributed by atoms with Crippen LogP contribution in [0, 0.1) is 0 Å². The predicted molar refractivity (Wildman–Crippen MR) is 101 cm³/mol. The van der Waals surface area contributed by atoms with Crippen molar-refractivity contribution in [1.82, 2.24) is 4.98 Å². The summed E-state index contributed by atoms with van der Waals surface area (Å²) in [5, 5.41) is 3.51. The largest absolute Gasteiger partial charge is 0.489 e. The third-order valence-electron chi connectivity index (χ3n) is 3.84. The molecule has 3 aromatic rings. The highest BCUT2D eigenvalue weighted by Gasteiger charge is 2.03. The number of nitrogens with zero attached hydrogens (tertiary/aromatic N) is 1. The molecule has 1 heterocycles. The van der Waals surface area contributed by atoms with Gasteiger partial charge in [0, 0.05) is 39.1 Å². The summed E-state index contributed by atoms with van der Waals surface area (Å²) in [5.41, 5.74) is 3.45. The Morgan fingerprint density at radius 1 is 0.840 bits per heavy atom. The van der Waals surface area contributed by atoms with E-state index in [4.69, 9.17) is 27.9 Å². The lowest BCUT2D eigenvalue weighted by atomic mass is 10.2. The Kier molecular flexibility index (Phi) is 6.29. The van der Waals surface area contributed by atoms with Gasteiger partial charge in [-0.2, -0.15) is 0 Å². The number of halogens is 2. The van der Waals surface area contributed by atoms with Gasteiger partial charge in [-0.3, -0.25) is 4.98 Å². The molecule has 0 radical (unpaired) electrons. The summed E-state index contributed by atoms with van der Waals surface area (Å²) in [6.07, 6.45) is 3.64. The summed E-state index contributed by atoms with van der Waals surface area (Å²) in [6.45, 7) is 2.28. The average molecular weight is 374 g/mol. The van der Waals surface area contributed by atoms with Crippen molar-refractivity contribution in [3.05, 3.63) is 93.7 Å². The Morgan fingerprint density at radius 2 is 1.52 bits per heavy atom. The molecule has 0 aliphatic heterocycles. The molecule has 0 aliphatic rings. The average Bonchev–Trinajstić information content (AvgIpc) is 2.63. The van der Waals surface area contributed by atoms with Gasteiger partial charge in [-0.05, 0) is 48.5 Å². The van der Waals surface area contributed by atoms with Crippen LogP contribution in [0.5, 0.6) is 5.75 Å². The highest BCUT2D eigenvalue weighted by atomic mass is 35.5. The number of ether oxygens (including phenoxy) is 1. The molecule has 3 nitrogen and oxygen atoms in total. The molecule has 128 valence electrons. The zero-order chi connectivity index (χ0) is 17.5. The maximum absolute atomic E-state index is 6.16. The van der Waals surface area contributed by atoms with Crippen molar-refractivity contribution in [3.63, 3.8) is 0 Å². The second-order valence-electron chi connectivity index (χ2n) is 5.72.